The summed E-state index contributed by atoms with van der Waals surface area (Å²) in [5.74, 6) is 1.68. The van der Waals surface area contributed by atoms with E-state index >= 15 is 0 Å². The van der Waals surface area contributed by atoms with Gasteiger partial charge in [0.15, 0.2) is 0 Å². The Hall–Kier alpha value is -0.450. The molecule has 0 amide bonds. The first-order valence-electron chi connectivity index (χ1n) is 7.76. The molecule has 3 rings (SSSR count). The zero-order chi connectivity index (χ0) is 14.9. The largest absolute Gasteiger partial charge is 0.383 e. The summed E-state index contributed by atoms with van der Waals surface area (Å²) in [6.07, 6.45) is 4.92. The maximum Gasteiger partial charge on any atom is 0.137 e. The van der Waals surface area contributed by atoms with E-state index in [0.717, 1.165) is 43.5 Å². The van der Waals surface area contributed by atoms with Gasteiger partial charge in [-0.1, -0.05) is 12.1 Å². The molecule has 0 spiro atoms. The minimum Gasteiger partial charge on any atom is -0.383 e. The number of hydrogen-bond acceptors (Lipinski definition) is 2. The zero-order valence-corrected chi connectivity index (χ0v) is 14.1. The van der Waals surface area contributed by atoms with Gasteiger partial charge in [-0.25, -0.2) is 4.39 Å². The molecule has 0 aliphatic heterocycles. The van der Waals surface area contributed by atoms with Crippen LogP contribution in [0.4, 0.5) is 4.39 Å². The molecule has 2 aliphatic carbocycles. The lowest BCUT2D eigenvalue weighted by atomic mass is 9.77. The first-order valence-corrected chi connectivity index (χ1v) is 8.55. The van der Waals surface area contributed by atoms with E-state index in [2.05, 4.69) is 21.2 Å². The highest BCUT2D eigenvalue weighted by Gasteiger charge is 2.53. The molecule has 2 atom stereocenters. The zero-order valence-electron chi connectivity index (χ0n) is 12.5. The van der Waals surface area contributed by atoms with E-state index < -0.39 is 0 Å². The standard InChI is InChI=1S/C17H23BrFNO/c1-21-6-5-20-11-17(9-13-7-14(13)10-17)8-12-3-2-4-15(19)16(12)18/h2-4,13-14,20H,5-11H2,1H3. The molecule has 1 N–H and O–H groups in total. The molecular weight excluding hydrogens is 333 g/mol. The predicted octanol–water partition coefficient (Wildman–Crippen LogP) is 3.78. The molecule has 0 aromatic heterocycles. The molecule has 1 aromatic rings. The van der Waals surface area contributed by atoms with Gasteiger partial charge in [0.2, 0.25) is 0 Å². The summed E-state index contributed by atoms with van der Waals surface area (Å²) < 4.78 is 19.5. The van der Waals surface area contributed by atoms with Crippen LogP contribution in [0.1, 0.15) is 24.8 Å². The number of rotatable bonds is 7. The molecule has 4 heteroatoms. The van der Waals surface area contributed by atoms with E-state index in [1.807, 2.05) is 12.1 Å². The Morgan fingerprint density at radius 3 is 2.86 bits per heavy atom. The van der Waals surface area contributed by atoms with Crippen LogP contribution in [0.25, 0.3) is 0 Å². The fourth-order valence-electron chi connectivity index (χ4n) is 3.97. The highest BCUT2D eigenvalue weighted by molar-refractivity contribution is 9.10. The first kappa shape index (κ1) is 15.4. The number of nitrogens with one attached hydrogen (secondary N) is 1. The van der Waals surface area contributed by atoms with Gasteiger partial charge in [-0.05, 0) is 70.5 Å². The van der Waals surface area contributed by atoms with Gasteiger partial charge >= 0.3 is 0 Å². The Balaban J connectivity index is 1.69. The molecule has 2 aliphatic rings. The molecule has 0 saturated heterocycles. The Morgan fingerprint density at radius 2 is 2.14 bits per heavy atom. The molecule has 116 valence electrons. The van der Waals surface area contributed by atoms with Crippen molar-refractivity contribution in [2.75, 3.05) is 26.8 Å². The third-order valence-corrected chi connectivity index (χ3v) is 5.93. The summed E-state index contributed by atoms with van der Waals surface area (Å²) in [6.45, 7) is 2.64. The van der Waals surface area contributed by atoms with Gasteiger partial charge in [-0.3, -0.25) is 0 Å². The Labute approximate surface area is 134 Å². The second-order valence-corrected chi connectivity index (χ2v) is 7.52. The normalized spacial score (nSPS) is 30.4. The van der Waals surface area contributed by atoms with E-state index in [0.29, 0.717) is 4.47 Å². The van der Waals surface area contributed by atoms with Crippen LogP contribution in [0.5, 0.6) is 0 Å². The fourth-order valence-corrected chi connectivity index (χ4v) is 4.38. The molecule has 2 nitrogen and oxygen atoms in total. The lowest BCUT2D eigenvalue weighted by Crippen LogP contribution is -2.36. The van der Waals surface area contributed by atoms with Gasteiger partial charge in [0.1, 0.15) is 5.82 Å². The molecule has 2 fully saturated rings. The molecule has 0 radical (unpaired) electrons. The molecule has 0 heterocycles. The first-order chi connectivity index (χ1) is 10.1. The van der Waals surface area contributed by atoms with Gasteiger partial charge in [-0.15, -0.1) is 0 Å². The molecular formula is C17H23BrFNO. The number of benzene rings is 1. The summed E-state index contributed by atoms with van der Waals surface area (Å²) in [7, 11) is 1.73. The second kappa shape index (κ2) is 6.35. The van der Waals surface area contributed by atoms with Crippen molar-refractivity contribution in [1.82, 2.24) is 5.32 Å². The summed E-state index contributed by atoms with van der Waals surface area (Å²) in [4.78, 5) is 0. The van der Waals surface area contributed by atoms with Crippen LogP contribution in [0, 0.1) is 23.1 Å². The second-order valence-electron chi connectivity index (χ2n) is 6.72. The van der Waals surface area contributed by atoms with Crippen LogP contribution in [-0.2, 0) is 11.2 Å². The Bertz CT molecular complexity index is 498. The topological polar surface area (TPSA) is 21.3 Å². The van der Waals surface area contributed by atoms with E-state index in [-0.39, 0.29) is 11.2 Å². The van der Waals surface area contributed by atoms with E-state index in [9.17, 15) is 4.39 Å². The number of ether oxygens (including phenoxy) is 1. The molecule has 0 bridgehead atoms. The van der Waals surface area contributed by atoms with Crippen molar-refractivity contribution < 1.29 is 9.13 Å². The van der Waals surface area contributed by atoms with Gasteiger partial charge in [0, 0.05) is 20.2 Å². The van der Waals surface area contributed by atoms with Crippen LogP contribution in [0.3, 0.4) is 0 Å². The SMILES string of the molecule is COCCNCC1(Cc2cccc(F)c2Br)CC2CC2C1. The van der Waals surface area contributed by atoms with Gasteiger partial charge in [-0.2, -0.15) is 0 Å². The number of methoxy groups -OCH3 is 1. The minimum absolute atomic E-state index is 0.154. The summed E-state index contributed by atoms with van der Waals surface area (Å²) in [5.41, 5.74) is 1.39. The van der Waals surface area contributed by atoms with E-state index in [1.54, 1.807) is 7.11 Å². The summed E-state index contributed by atoms with van der Waals surface area (Å²) >= 11 is 3.42. The van der Waals surface area contributed by atoms with Crippen molar-refractivity contribution in [2.45, 2.75) is 25.7 Å². The smallest absolute Gasteiger partial charge is 0.137 e. The summed E-state index contributed by atoms with van der Waals surface area (Å²) in [6, 6.07) is 5.38. The quantitative estimate of drug-likeness (QED) is 0.751. The Kier molecular flexibility index (Phi) is 4.67. The van der Waals surface area contributed by atoms with Gasteiger partial charge in [0.05, 0.1) is 11.1 Å². The number of fused-ring (bicyclic) bond motifs is 1. The van der Waals surface area contributed by atoms with Crippen molar-refractivity contribution in [3.8, 4) is 0 Å². The van der Waals surface area contributed by atoms with Gasteiger partial charge in [0.25, 0.3) is 0 Å². The van der Waals surface area contributed by atoms with Crippen molar-refractivity contribution in [3.05, 3.63) is 34.1 Å². The molecule has 2 saturated carbocycles. The van der Waals surface area contributed by atoms with Crippen LogP contribution >= 0.6 is 15.9 Å². The van der Waals surface area contributed by atoms with Crippen molar-refractivity contribution in [2.24, 2.45) is 17.3 Å². The molecule has 2 unspecified atom stereocenters. The van der Waals surface area contributed by atoms with Crippen LogP contribution in [0.2, 0.25) is 0 Å². The van der Waals surface area contributed by atoms with E-state index in [1.165, 1.54) is 25.3 Å². The number of halogens is 2. The highest BCUT2D eigenvalue weighted by atomic mass is 79.9. The average molecular weight is 356 g/mol. The van der Waals surface area contributed by atoms with Crippen LogP contribution in [-0.4, -0.2) is 26.8 Å². The average Bonchev–Trinajstić information content (AvgIpc) is 3.08. The van der Waals surface area contributed by atoms with Crippen LogP contribution in [0.15, 0.2) is 22.7 Å². The molecule has 21 heavy (non-hydrogen) atoms. The third-order valence-electron chi connectivity index (χ3n) is 5.04. The lowest BCUT2D eigenvalue weighted by Gasteiger charge is -2.32. The highest BCUT2D eigenvalue weighted by Crippen LogP contribution is 2.60. The maximum atomic E-state index is 13.7. The summed E-state index contributed by atoms with van der Waals surface area (Å²) in [5, 5.41) is 3.53. The predicted molar refractivity (Wildman–Crippen MR) is 85.8 cm³/mol. The monoisotopic (exact) mass is 355 g/mol. The van der Waals surface area contributed by atoms with Crippen LogP contribution < -0.4 is 5.32 Å². The van der Waals surface area contributed by atoms with Gasteiger partial charge < -0.3 is 10.1 Å². The minimum atomic E-state index is -0.154. The van der Waals surface area contributed by atoms with E-state index in [4.69, 9.17) is 4.74 Å². The lowest BCUT2D eigenvalue weighted by molar-refractivity contribution is 0.186. The van der Waals surface area contributed by atoms with Crippen molar-refractivity contribution in [3.63, 3.8) is 0 Å². The molecule has 1 aromatic carbocycles. The van der Waals surface area contributed by atoms with Crippen molar-refractivity contribution in [1.29, 1.82) is 0 Å². The fraction of sp³-hybridized carbons (Fsp3) is 0.647. The van der Waals surface area contributed by atoms with Crippen molar-refractivity contribution >= 4 is 15.9 Å². The maximum absolute atomic E-state index is 13.7. The number of hydrogen-bond donors (Lipinski definition) is 1. The third kappa shape index (κ3) is 3.49. The Morgan fingerprint density at radius 1 is 1.38 bits per heavy atom.